The van der Waals surface area contributed by atoms with Crippen molar-refractivity contribution in [2.45, 2.75) is 57.0 Å². The molecule has 0 amide bonds. The van der Waals surface area contributed by atoms with Crippen LogP contribution in [0.1, 0.15) is 44.9 Å². The van der Waals surface area contributed by atoms with Gasteiger partial charge in [-0.05, 0) is 49.7 Å². The van der Waals surface area contributed by atoms with E-state index in [0.29, 0.717) is 12.1 Å². The van der Waals surface area contributed by atoms with Crippen LogP contribution in [0.3, 0.4) is 0 Å². The van der Waals surface area contributed by atoms with Gasteiger partial charge in [0, 0.05) is 12.1 Å². The Labute approximate surface area is 109 Å². The molecule has 2 saturated carbocycles. The van der Waals surface area contributed by atoms with Crippen molar-refractivity contribution in [3.63, 3.8) is 0 Å². The summed E-state index contributed by atoms with van der Waals surface area (Å²) in [6.07, 6.45) is 14.0. The molecule has 0 aromatic rings. The van der Waals surface area contributed by atoms with Crippen LogP contribution in [0.5, 0.6) is 0 Å². The number of hydrogen-bond donors (Lipinski definition) is 2. The lowest BCUT2D eigenvalue weighted by Gasteiger charge is -2.27. The Morgan fingerprint density at radius 2 is 1.82 bits per heavy atom. The zero-order valence-electron chi connectivity index (χ0n) is 10.3. The second-order valence-corrected chi connectivity index (χ2v) is 6.25. The Kier molecular flexibility index (Phi) is 3.37. The zero-order valence-corrected chi connectivity index (χ0v) is 11.1. The van der Waals surface area contributed by atoms with Crippen LogP contribution in [0, 0.1) is 11.8 Å². The van der Waals surface area contributed by atoms with Crippen molar-refractivity contribution in [2.75, 3.05) is 0 Å². The van der Waals surface area contributed by atoms with E-state index in [1.54, 1.807) is 0 Å². The molecule has 0 aromatic heterocycles. The molecule has 3 heteroatoms. The van der Waals surface area contributed by atoms with Gasteiger partial charge in [0.1, 0.15) is 0 Å². The lowest BCUT2D eigenvalue weighted by atomic mass is 9.96. The number of allylic oxidation sites excluding steroid dienone is 1. The summed E-state index contributed by atoms with van der Waals surface area (Å²) in [6.45, 7) is 0. The molecule has 0 radical (unpaired) electrons. The molecule has 2 fully saturated rings. The molecule has 3 aliphatic carbocycles. The standard InChI is InChI=1S/C14H22N2S/c17-14(15-12-4-2-1-3-5-12)16-13-9-10-6-7-11(13)8-10/h6-7,10-13H,1-5,8-9H2,(H2,15,16,17)/t10-,11-,13-/m1/s1. The van der Waals surface area contributed by atoms with Gasteiger partial charge in [0.05, 0.1) is 0 Å². The average molecular weight is 250 g/mol. The third kappa shape index (κ3) is 2.65. The second kappa shape index (κ2) is 4.97. The minimum absolute atomic E-state index is 0.591. The molecule has 94 valence electrons. The van der Waals surface area contributed by atoms with Gasteiger partial charge < -0.3 is 10.6 Å². The van der Waals surface area contributed by atoms with E-state index >= 15 is 0 Å². The smallest absolute Gasteiger partial charge is 0.166 e. The fraction of sp³-hybridized carbons (Fsp3) is 0.786. The molecule has 2 nitrogen and oxygen atoms in total. The molecule has 3 aliphatic rings. The van der Waals surface area contributed by atoms with Crippen LogP contribution in [0.2, 0.25) is 0 Å². The van der Waals surface area contributed by atoms with Gasteiger partial charge in [-0.15, -0.1) is 0 Å². The highest BCUT2D eigenvalue weighted by atomic mass is 32.1. The van der Waals surface area contributed by atoms with Crippen LogP contribution in [-0.2, 0) is 0 Å². The van der Waals surface area contributed by atoms with Gasteiger partial charge in [0.15, 0.2) is 5.11 Å². The highest BCUT2D eigenvalue weighted by molar-refractivity contribution is 7.80. The van der Waals surface area contributed by atoms with Crippen LogP contribution in [0.25, 0.3) is 0 Å². The van der Waals surface area contributed by atoms with Gasteiger partial charge in [0.25, 0.3) is 0 Å². The predicted octanol–water partition coefficient (Wildman–Crippen LogP) is 2.75. The number of rotatable bonds is 2. The van der Waals surface area contributed by atoms with Crippen molar-refractivity contribution in [2.24, 2.45) is 11.8 Å². The fourth-order valence-electron chi connectivity index (χ4n) is 3.59. The highest BCUT2D eigenvalue weighted by Crippen LogP contribution is 2.38. The summed E-state index contributed by atoms with van der Waals surface area (Å²) in [5, 5.41) is 7.92. The van der Waals surface area contributed by atoms with Crippen molar-refractivity contribution in [3.8, 4) is 0 Å². The van der Waals surface area contributed by atoms with Crippen molar-refractivity contribution >= 4 is 17.3 Å². The lowest BCUT2D eigenvalue weighted by Crippen LogP contribution is -2.47. The zero-order chi connectivity index (χ0) is 11.7. The molecule has 0 spiro atoms. The molecule has 0 saturated heterocycles. The number of fused-ring (bicyclic) bond motifs is 2. The van der Waals surface area contributed by atoms with E-state index in [-0.39, 0.29) is 0 Å². The molecular weight excluding hydrogens is 228 g/mol. The van der Waals surface area contributed by atoms with Gasteiger partial charge >= 0.3 is 0 Å². The van der Waals surface area contributed by atoms with Crippen molar-refractivity contribution in [1.82, 2.24) is 10.6 Å². The Bertz CT molecular complexity index is 320. The maximum Gasteiger partial charge on any atom is 0.166 e. The topological polar surface area (TPSA) is 24.1 Å². The monoisotopic (exact) mass is 250 g/mol. The average Bonchev–Trinajstić information content (AvgIpc) is 2.92. The highest BCUT2D eigenvalue weighted by Gasteiger charge is 2.35. The molecule has 2 bridgehead atoms. The molecule has 0 aromatic carbocycles. The Morgan fingerprint density at radius 1 is 1.00 bits per heavy atom. The SMILES string of the molecule is S=C(NC1CCCCC1)N[C@@H]1C[C@@H]2C=C[C@@H]1C2. The maximum atomic E-state index is 5.44. The molecule has 2 N–H and O–H groups in total. The van der Waals surface area contributed by atoms with Crippen molar-refractivity contribution < 1.29 is 0 Å². The van der Waals surface area contributed by atoms with Crippen LogP contribution in [-0.4, -0.2) is 17.2 Å². The summed E-state index contributed by atoms with van der Waals surface area (Å²) in [4.78, 5) is 0. The van der Waals surface area contributed by atoms with Crippen LogP contribution < -0.4 is 10.6 Å². The molecular formula is C14H22N2S. The Morgan fingerprint density at radius 3 is 2.47 bits per heavy atom. The van der Waals surface area contributed by atoms with E-state index in [1.807, 2.05) is 0 Å². The number of hydrogen-bond acceptors (Lipinski definition) is 1. The van der Waals surface area contributed by atoms with E-state index < -0.39 is 0 Å². The van der Waals surface area contributed by atoms with Crippen molar-refractivity contribution in [1.29, 1.82) is 0 Å². The summed E-state index contributed by atoms with van der Waals surface area (Å²) in [5.74, 6) is 1.54. The summed E-state index contributed by atoms with van der Waals surface area (Å²) in [7, 11) is 0. The second-order valence-electron chi connectivity index (χ2n) is 5.84. The Hall–Kier alpha value is -0.570. The van der Waals surface area contributed by atoms with E-state index in [2.05, 4.69) is 22.8 Å². The van der Waals surface area contributed by atoms with E-state index in [9.17, 15) is 0 Å². The first-order chi connectivity index (χ1) is 8.31. The lowest BCUT2D eigenvalue weighted by molar-refractivity contribution is 0.408. The summed E-state index contributed by atoms with van der Waals surface area (Å²) in [6, 6.07) is 1.21. The minimum atomic E-state index is 0.591. The number of thiocarbonyl (C=S) groups is 1. The van der Waals surface area contributed by atoms with Gasteiger partial charge in [0.2, 0.25) is 0 Å². The molecule has 3 atom stereocenters. The third-order valence-electron chi connectivity index (χ3n) is 4.54. The molecule has 0 aliphatic heterocycles. The maximum absolute atomic E-state index is 5.44. The first-order valence-electron chi connectivity index (χ1n) is 7.06. The van der Waals surface area contributed by atoms with Gasteiger partial charge in [-0.1, -0.05) is 31.4 Å². The van der Waals surface area contributed by atoms with E-state index in [0.717, 1.165) is 16.9 Å². The first-order valence-corrected chi connectivity index (χ1v) is 7.47. The largest absolute Gasteiger partial charge is 0.360 e. The normalized spacial score (nSPS) is 36.1. The van der Waals surface area contributed by atoms with E-state index in [1.165, 1.54) is 44.9 Å². The van der Waals surface area contributed by atoms with Gasteiger partial charge in [-0.2, -0.15) is 0 Å². The quantitative estimate of drug-likeness (QED) is 0.582. The summed E-state index contributed by atoms with van der Waals surface area (Å²) in [5.41, 5.74) is 0. The minimum Gasteiger partial charge on any atom is -0.360 e. The molecule has 0 heterocycles. The summed E-state index contributed by atoms with van der Waals surface area (Å²) >= 11 is 5.44. The van der Waals surface area contributed by atoms with E-state index in [4.69, 9.17) is 12.2 Å². The Balaban J connectivity index is 1.45. The van der Waals surface area contributed by atoms with Crippen LogP contribution in [0.15, 0.2) is 12.2 Å². The number of nitrogens with one attached hydrogen (secondary N) is 2. The summed E-state index contributed by atoms with van der Waals surface area (Å²) < 4.78 is 0. The molecule has 0 unspecified atom stereocenters. The van der Waals surface area contributed by atoms with Gasteiger partial charge in [-0.3, -0.25) is 0 Å². The van der Waals surface area contributed by atoms with Crippen LogP contribution >= 0.6 is 12.2 Å². The fourth-order valence-corrected chi connectivity index (χ4v) is 3.91. The predicted molar refractivity (Wildman–Crippen MR) is 74.9 cm³/mol. The first kappa shape index (κ1) is 11.5. The molecule has 17 heavy (non-hydrogen) atoms. The van der Waals surface area contributed by atoms with Crippen molar-refractivity contribution in [3.05, 3.63) is 12.2 Å². The molecule has 3 rings (SSSR count). The third-order valence-corrected chi connectivity index (χ3v) is 4.77. The van der Waals surface area contributed by atoms with Crippen LogP contribution in [0.4, 0.5) is 0 Å². The van der Waals surface area contributed by atoms with Gasteiger partial charge in [-0.25, -0.2) is 0 Å².